The van der Waals surface area contributed by atoms with E-state index in [0.717, 1.165) is 54.7 Å². The summed E-state index contributed by atoms with van der Waals surface area (Å²) in [5.41, 5.74) is 3.78. The molecule has 2 aromatic carbocycles. The summed E-state index contributed by atoms with van der Waals surface area (Å²) in [6.07, 6.45) is 0.811. The van der Waals surface area contributed by atoms with Crippen LogP contribution in [0, 0.1) is 5.41 Å². The maximum Gasteiger partial charge on any atom is 0.310 e. The van der Waals surface area contributed by atoms with E-state index in [1.165, 1.54) is 11.1 Å². The summed E-state index contributed by atoms with van der Waals surface area (Å²) in [4.78, 5) is 21.1. The highest BCUT2D eigenvalue weighted by Crippen LogP contribution is 2.31. The third-order valence-corrected chi connectivity index (χ3v) is 6.01. The molecular weight excluding hydrogens is 386 g/mol. The monoisotopic (exact) mass is 411 g/mol. The summed E-state index contributed by atoms with van der Waals surface area (Å²) in [7, 11) is 0. The van der Waals surface area contributed by atoms with Gasteiger partial charge in [-0.2, -0.15) is 0 Å². The number of aliphatic imine (C=N–C) groups is 1. The van der Waals surface area contributed by atoms with E-state index in [4.69, 9.17) is 16.6 Å². The van der Waals surface area contributed by atoms with Crippen LogP contribution in [0.1, 0.15) is 30.5 Å². The summed E-state index contributed by atoms with van der Waals surface area (Å²) in [5.74, 6) is 0.231. The molecule has 5 nitrogen and oxygen atoms in total. The molecule has 0 aliphatic carbocycles. The molecule has 4 rings (SSSR count). The van der Waals surface area contributed by atoms with Gasteiger partial charge in [0.05, 0.1) is 11.1 Å². The van der Waals surface area contributed by atoms with Crippen molar-refractivity contribution in [3.63, 3.8) is 0 Å². The summed E-state index contributed by atoms with van der Waals surface area (Å²) in [6.45, 7) is 7.40. The summed E-state index contributed by atoms with van der Waals surface area (Å²) in [5, 5.41) is 10.2. The number of hydrogen-bond donors (Lipinski definition) is 1. The number of carboxylic acid groups (broad SMARTS) is 1. The first-order chi connectivity index (χ1) is 13.8. The van der Waals surface area contributed by atoms with Crippen LogP contribution in [-0.2, 0) is 11.2 Å². The number of para-hydroxylation sites is 1. The third kappa shape index (κ3) is 4.16. The standard InChI is InChI=1S/C23H26ClN3O2/c1-23(2,22(28)29)15-26-9-11-27(12-10-26)21-19-8-7-18(24)14-17(19)13-16-5-3-4-6-20(16)25-21/h3-8,14H,9-13,15H2,1-2H3,(H,28,29). The van der Waals surface area contributed by atoms with Crippen molar-refractivity contribution >= 4 is 29.1 Å². The van der Waals surface area contributed by atoms with Gasteiger partial charge < -0.3 is 10.0 Å². The van der Waals surface area contributed by atoms with Crippen molar-refractivity contribution in [3.05, 3.63) is 64.2 Å². The molecule has 2 aromatic rings. The lowest BCUT2D eigenvalue weighted by molar-refractivity contribution is -0.148. The molecule has 0 bridgehead atoms. The van der Waals surface area contributed by atoms with Crippen molar-refractivity contribution in [1.29, 1.82) is 0 Å². The highest BCUT2D eigenvalue weighted by molar-refractivity contribution is 6.30. The molecule has 0 unspecified atom stereocenters. The van der Waals surface area contributed by atoms with Crippen LogP contribution in [0.4, 0.5) is 5.69 Å². The van der Waals surface area contributed by atoms with Gasteiger partial charge in [0.2, 0.25) is 0 Å². The number of piperazine rings is 1. The number of benzene rings is 2. The summed E-state index contributed by atoms with van der Waals surface area (Å²) in [6, 6.07) is 14.3. The Morgan fingerprint density at radius 2 is 1.83 bits per heavy atom. The van der Waals surface area contributed by atoms with E-state index in [2.05, 4.69) is 28.0 Å². The number of carbonyl (C=O) groups is 1. The minimum absolute atomic E-state index is 0.553. The zero-order valence-electron chi connectivity index (χ0n) is 16.9. The van der Waals surface area contributed by atoms with Gasteiger partial charge in [0.15, 0.2) is 0 Å². The third-order valence-electron chi connectivity index (χ3n) is 5.78. The maximum atomic E-state index is 11.5. The number of fused-ring (bicyclic) bond motifs is 2. The molecule has 0 aromatic heterocycles. The number of aliphatic carboxylic acids is 1. The fraction of sp³-hybridized carbons (Fsp3) is 0.391. The predicted octanol–water partition coefficient (Wildman–Crippen LogP) is 4.05. The zero-order chi connectivity index (χ0) is 20.6. The molecule has 29 heavy (non-hydrogen) atoms. The first-order valence-corrected chi connectivity index (χ1v) is 10.4. The number of nitrogens with zero attached hydrogens (tertiary/aromatic N) is 3. The lowest BCUT2D eigenvalue weighted by atomic mass is 9.93. The Hall–Kier alpha value is -2.37. The van der Waals surface area contributed by atoms with Gasteiger partial charge in [0.1, 0.15) is 5.84 Å². The molecule has 2 aliphatic heterocycles. The van der Waals surface area contributed by atoms with Crippen LogP contribution in [0.5, 0.6) is 0 Å². The Morgan fingerprint density at radius 3 is 2.55 bits per heavy atom. The normalized spacial score (nSPS) is 17.2. The Kier molecular flexibility index (Phi) is 5.36. The first kappa shape index (κ1) is 19.9. The van der Waals surface area contributed by atoms with Crippen LogP contribution in [0.2, 0.25) is 5.02 Å². The molecule has 1 saturated heterocycles. The number of halogens is 1. The van der Waals surface area contributed by atoms with Gasteiger partial charge in [-0.3, -0.25) is 9.69 Å². The van der Waals surface area contributed by atoms with E-state index in [1.807, 2.05) is 24.3 Å². The molecule has 152 valence electrons. The van der Waals surface area contributed by atoms with Crippen molar-refractivity contribution in [2.45, 2.75) is 20.3 Å². The Labute approximate surface area is 176 Å². The summed E-state index contributed by atoms with van der Waals surface area (Å²) >= 11 is 6.29. The van der Waals surface area contributed by atoms with Gasteiger partial charge in [-0.1, -0.05) is 29.8 Å². The van der Waals surface area contributed by atoms with E-state index in [1.54, 1.807) is 13.8 Å². The molecule has 1 N–H and O–H groups in total. The molecule has 6 heteroatoms. The molecule has 0 atom stereocenters. The van der Waals surface area contributed by atoms with Gasteiger partial charge in [-0.15, -0.1) is 0 Å². The molecular formula is C23H26ClN3O2. The van der Waals surface area contributed by atoms with Gasteiger partial charge in [-0.05, 0) is 49.2 Å². The Morgan fingerprint density at radius 1 is 1.10 bits per heavy atom. The number of amidine groups is 1. The van der Waals surface area contributed by atoms with Crippen LogP contribution < -0.4 is 0 Å². The van der Waals surface area contributed by atoms with Crippen molar-refractivity contribution in [2.75, 3.05) is 32.7 Å². The van der Waals surface area contributed by atoms with Crippen LogP contribution in [-0.4, -0.2) is 59.4 Å². The van der Waals surface area contributed by atoms with Crippen LogP contribution in [0.3, 0.4) is 0 Å². The van der Waals surface area contributed by atoms with E-state index < -0.39 is 11.4 Å². The largest absolute Gasteiger partial charge is 0.481 e. The lowest BCUT2D eigenvalue weighted by Crippen LogP contribution is -2.52. The van der Waals surface area contributed by atoms with Gasteiger partial charge in [-0.25, -0.2) is 4.99 Å². The second kappa shape index (κ2) is 7.81. The van der Waals surface area contributed by atoms with Crippen molar-refractivity contribution < 1.29 is 9.90 Å². The first-order valence-electron chi connectivity index (χ1n) is 9.99. The van der Waals surface area contributed by atoms with Gasteiger partial charge >= 0.3 is 5.97 Å². The van der Waals surface area contributed by atoms with E-state index in [9.17, 15) is 9.90 Å². The van der Waals surface area contributed by atoms with E-state index in [0.29, 0.717) is 6.54 Å². The average Bonchev–Trinajstić information content (AvgIpc) is 2.84. The molecule has 2 aliphatic rings. The van der Waals surface area contributed by atoms with Gasteiger partial charge in [0, 0.05) is 49.7 Å². The SMILES string of the molecule is CC(C)(CN1CCN(C2=Nc3ccccc3Cc3cc(Cl)ccc32)CC1)C(=O)O. The van der Waals surface area contributed by atoms with Gasteiger partial charge in [0.25, 0.3) is 0 Å². The second-order valence-corrected chi connectivity index (χ2v) is 8.93. The van der Waals surface area contributed by atoms with Crippen LogP contribution in [0.15, 0.2) is 47.5 Å². The number of carboxylic acids is 1. The topological polar surface area (TPSA) is 56.1 Å². The number of rotatable bonds is 3. The maximum absolute atomic E-state index is 11.5. The molecule has 2 heterocycles. The fourth-order valence-electron chi connectivity index (χ4n) is 4.06. The van der Waals surface area contributed by atoms with Crippen molar-refractivity contribution in [1.82, 2.24) is 9.80 Å². The minimum Gasteiger partial charge on any atom is -0.481 e. The molecule has 1 fully saturated rings. The number of hydrogen-bond acceptors (Lipinski definition) is 4. The minimum atomic E-state index is -0.754. The Balaban J connectivity index is 1.60. The Bertz CT molecular complexity index is 962. The predicted molar refractivity (Wildman–Crippen MR) is 116 cm³/mol. The highest BCUT2D eigenvalue weighted by atomic mass is 35.5. The van der Waals surface area contributed by atoms with E-state index >= 15 is 0 Å². The van der Waals surface area contributed by atoms with Crippen molar-refractivity contribution in [2.24, 2.45) is 10.4 Å². The molecule has 0 spiro atoms. The second-order valence-electron chi connectivity index (χ2n) is 8.49. The van der Waals surface area contributed by atoms with Crippen LogP contribution >= 0.6 is 11.6 Å². The molecule has 0 saturated carbocycles. The fourth-order valence-corrected chi connectivity index (χ4v) is 4.26. The average molecular weight is 412 g/mol. The highest BCUT2D eigenvalue weighted by Gasteiger charge is 2.32. The molecule has 0 amide bonds. The van der Waals surface area contributed by atoms with Crippen molar-refractivity contribution in [3.8, 4) is 0 Å². The quantitative estimate of drug-likeness (QED) is 0.827. The molecule has 0 radical (unpaired) electrons. The summed E-state index contributed by atoms with van der Waals surface area (Å²) < 4.78 is 0. The lowest BCUT2D eigenvalue weighted by Gasteiger charge is -2.39. The van der Waals surface area contributed by atoms with Crippen LogP contribution in [0.25, 0.3) is 0 Å². The zero-order valence-corrected chi connectivity index (χ0v) is 17.6. The smallest absolute Gasteiger partial charge is 0.310 e. The van der Waals surface area contributed by atoms with E-state index in [-0.39, 0.29) is 0 Å².